The third-order valence-corrected chi connectivity index (χ3v) is 11.0. The second kappa shape index (κ2) is 21.3. The van der Waals surface area contributed by atoms with Crippen LogP contribution in [0.4, 0.5) is 24.8 Å². The molecule has 0 bridgehead atoms. The summed E-state index contributed by atoms with van der Waals surface area (Å²) in [7, 11) is 0. The first-order valence-electron chi connectivity index (χ1n) is 21.5. The molecule has 0 aliphatic heterocycles. The highest BCUT2D eigenvalue weighted by atomic mass is 35.5. The number of halogens is 4. The molecular weight excluding hydrogens is 889 g/mol. The minimum Gasteiger partial charge on any atom is -0.384 e. The Kier molecular flexibility index (Phi) is 14.5. The maximum Gasteiger partial charge on any atom is 0.251 e. The van der Waals surface area contributed by atoms with Crippen molar-refractivity contribution in [3.05, 3.63) is 191 Å². The van der Waals surface area contributed by atoms with Crippen LogP contribution in [0.1, 0.15) is 44.7 Å². The van der Waals surface area contributed by atoms with Gasteiger partial charge in [0.05, 0.1) is 33.5 Å². The maximum absolute atomic E-state index is 13.6. The van der Waals surface area contributed by atoms with E-state index in [0.717, 1.165) is 36.8 Å². The number of hydrogen-bond donors (Lipinski definition) is 4. The normalized spacial score (nSPS) is 10.9. The number of pyridine rings is 2. The van der Waals surface area contributed by atoms with Gasteiger partial charge in [-0.05, 0) is 158 Å². The molecule has 0 radical (unpaired) electrons. The van der Waals surface area contributed by atoms with Crippen LogP contribution in [0.25, 0.3) is 55.8 Å². The molecular formula is C52H42ClF3N10O2. The summed E-state index contributed by atoms with van der Waals surface area (Å²) < 4.78 is 40.3. The van der Waals surface area contributed by atoms with Crippen LogP contribution in [0.3, 0.4) is 0 Å². The van der Waals surface area contributed by atoms with Crippen molar-refractivity contribution in [1.82, 2.24) is 40.5 Å². The van der Waals surface area contributed by atoms with Crippen LogP contribution in [0.5, 0.6) is 0 Å². The molecule has 0 saturated heterocycles. The lowest BCUT2D eigenvalue weighted by Crippen LogP contribution is -2.24. The molecule has 0 aliphatic rings. The molecule has 0 atom stereocenters. The molecule has 0 fully saturated rings. The van der Waals surface area contributed by atoms with Crippen LogP contribution in [0.2, 0.25) is 5.15 Å². The number of nitrogen functional groups attached to an aromatic ring is 2. The molecule has 0 saturated carbocycles. The minimum atomic E-state index is -0.368. The number of benzene rings is 5. The number of rotatable bonds is 13. The predicted molar refractivity (Wildman–Crippen MR) is 259 cm³/mol. The van der Waals surface area contributed by atoms with E-state index < -0.39 is 0 Å². The summed E-state index contributed by atoms with van der Waals surface area (Å²) in [5.74, 6) is -0.527. The van der Waals surface area contributed by atoms with E-state index >= 15 is 0 Å². The molecule has 9 aromatic rings. The number of nitrogens with zero attached hydrogens (tertiary/aromatic N) is 6. The number of carbonyl (C=O) groups excluding carboxylic acids is 2. The summed E-state index contributed by atoms with van der Waals surface area (Å²) in [6.45, 7) is 1.02. The summed E-state index contributed by atoms with van der Waals surface area (Å²) >= 11 is 6.27. The fourth-order valence-corrected chi connectivity index (χ4v) is 7.38. The van der Waals surface area contributed by atoms with Gasteiger partial charge in [0.15, 0.2) is 5.15 Å². The van der Waals surface area contributed by atoms with Gasteiger partial charge in [-0.25, -0.2) is 43.1 Å². The zero-order valence-electron chi connectivity index (χ0n) is 36.3. The van der Waals surface area contributed by atoms with Gasteiger partial charge in [0.2, 0.25) is 0 Å². The van der Waals surface area contributed by atoms with Crippen LogP contribution in [0.15, 0.2) is 146 Å². The van der Waals surface area contributed by atoms with Gasteiger partial charge < -0.3 is 22.1 Å². The Balaban J connectivity index is 0.000000187. The zero-order chi connectivity index (χ0) is 47.6. The first-order chi connectivity index (χ1) is 32.9. The third kappa shape index (κ3) is 11.7. The first-order valence-corrected chi connectivity index (χ1v) is 21.9. The number of nitrogens with two attached hydrogens (primary N) is 2. The molecule has 12 nitrogen and oxygen atoms in total. The van der Waals surface area contributed by atoms with Gasteiger partial charge in [-0.1, -0.05) is 23.7 Å². The van der Waals surface area contributed by atoms with Crippen LogP contribution in [-0.2, 0) is 12.8 Å². The lowest BCUT2D eigenvalue weighted by Gasteiger charge is -2.12. The van der Waals surface area contributed by atoms with Crippen molar-refractivity contribution in [3.63, 3.8) is 0 Å². The average molecular weight is 931 g/mol. The van der Waals surface area contributed by atoms with Crippen molar-refractivity contribution in [2.45, 2.75) is 25.7 Å². The molecule has 9 rings (SSSR count). The Bertz CT molecular complexity index is 3220. The van der Waals surface area contributed by atoms with Gasteiger partial charge in [0.25, 0.3) is 11.8 Å². The first kappa shape index (κ1) is 46.2. The molecule has 0 aliphatic carbocycles. The topological polar surface area (TPSA) is 188 Å². The van der Waals surface area contributed by atoms with Crippen molar-refractivity contribution in [2.24, 2.45) is 0 Å². The fraction of sp³-hybridized carbons (Fsp3) is 0.115. The smallest absolute Gasteiger partial charge is 0.251 e. The van der Waals surface area contributed by atoms with Crippen molar-refractivity contribution >= 4 is 57.1 Å². The van der Waals surface area contributed by atoms with Crippen molar-refractivity contribution in [3.8, 4) is 33.8 Å². The second-order valence-electron chi connectivity index (χ2n) is 15.6. The molecule has 5 aromatic carbocycles. The molecule has 16 heteroatoms. The molecule has 0 spiro atoms. The molecule has 6 N–H and O–H groups in total. The quantitative estimate of drug-likeness (QED) is 0.0811. The van der Waals surface area contributed by atoms with E-state index in [9.17, 15) is 22.8 Å². The highest BCUT2D eigenvalue weighted by molar-refractivity contribution is 6.32. The van der Waals surface area contributed by atoms with E-state index in [1.807, 2.05) is 12.1 Å². The molecule has 0 unspecified atom stereocenters. The minimum absolute atomic E-state index is 0.197. The Morgan fingerprint density at radius 3 is 1.26 bits per heavy atom. The van der Waals surface area contributed by atoms with E-state index in [0.29, 0.717) is 91.7 Å². The third-order valence-electron chi connectivity index (χ3n) is 10.7. The van der Waals surface area contributed by atoms with Gasteiger partial charge in [0, 0.05) is 53.3 Å². The van der Waals surface area contributed by atoms with Crippen LogP contribution >= 0.6 is 11.6 Å². The maximum atomic E-state index is 13.6. The largest absolute Gasteiger partial charge is 0.384 e. The zero-order valence-corrected chi connectivity index (χ0v) is 37.0. The van der Waals surface area contributed by atoms with E-state index in [1.54, 1.807) is 97.3 Å². The fourth-order valence-electron chi connectivity index (χ4n) is 7.14. The van der Waals surface area contributed by atoms with E-state index in [4.69, 9.17) is 33.0 Å². The average Bonchev–Trinajstić information content (AvgIpc) is 3.35. The number of carbonyl (C=O) groups is 2. The molecule has 340 valence electrons. The van der Waals surface area contributed by atoms with Crippen molar-refractivity contribution in [1.29, 1.82) is 0 Å². The number of fused-ring (bicyclic) bond motifs is 2. The molecule has 4 aromatic heterocycles. The summed E-state index contributed by atoms with van der Waals surface area (Å²) in [4.78, 5) is 51.9. The van der Waals surface area contributed by atoms with E-state index in [1.165, 1.54) is 36.4 Å². The molecule has 2 amide bonds. The molecule has 68 heavy (non-hydrogen) atoms. The molecule has 4 heterocycles. The van der Waals surface area contributed by atoms with Crippen molar-refractivity contribution < 1.29 is 22.8 Å². The van der Waals surface area contributed by atoms with Gasteiger partial charge in [-0.15, -0.1) is 0 Å². The van der Waals surface area contributed by atoms with Crippen molar-refractivity contribution in [2.75, 3.05) is 24.6 Å². The second-order valence-corrected chi connectivity index (χ2v) is 16.0. The Labute approximate surface area is 393 Å². The van der Waals surface area contributed by atoms with Gasteiger partial charge in [-0.2, -0.15) is 0 Å². The van der Waals surface area contributed by atoms with Gasteiger partial charge in [0.1, 0.15) is 34.8 Å². The lowest BCUT2D eigenvalue weighted by atomic mass is 10.0. The summed E-state index contributed by atoms with van der Waals surface area (Å²) in [5.41, 5.74) is 19.9. The monoisotopic (exact) mass is 930 g/mol. The number of nitrogens with one attached hydrogen (secondary N) is 2. The Morgan fingerprint density at radius 1 is 0.471 bits per heavy atom. The van der Waals surface area contributed by atoms with E-state index in [-0.39, 0.29) is 34.4 Å². The lowest BCUT2D eigenvalue weighted by molar-refractivity contribution is 0.0945. The standard InChI is InChI=1S/C29H23F2N5O.C23H19ClFN5O/c30-22-9-4-19(5-10-22)27-28(20-6-11-23(31)12-7-20)36-25-16-21(8-13-24(25)35-27)29(37)33-15-1-2-18-3-14-26(32)34-17-18;24-22-21(15-4-7-17(25)8-5-15)29-19-12-16(6-9-18(19)30-22)23(31)27-11-1-2-14-3-10-20(26)28-13-14/h3-14,16-17H,1-2,15H2,(H2,32,34)(H,33,37);3-10,12-13H,1-2,11H2,(H2,26,28)(H,27,31). The summed E-state index contributed by atoms with van der Waals surface area (Å²) in [6.07, 6.45) is 6.55. The van der Waals surface area contributed by atoms with Gasteiger partial charge in [-0.3, -0.25) is 9.59 Å². The van der Waals surface area contributed by atoms with Crippen LogP contribution in [-0.4, -0.2) is 54.8 Å². The predicted octanol–water partition coefficient (Wildman–Crippen LogP) is 10.0. The number of aryl methyl sites for hydroxylation is 2. The van der Waals surface area contributed by atoms with Gasteiger partial charge >= 0.3 is 0 Å². The highest BCUT2D eigenvalue weighted by Gasteiger charge is 2.16. The number of anilines is 2. The Morgan fingerprint density at radius 2 is 0.853 bits per heavy atom. The number of aromatic nitrogens is 6. The number of hydrogen-bond acceptors (Lipinski definition) is 10. The SMILES string of the molecule is Nc1ccc(CCCNC(=O)c2ccc3nc(-c4ccc(F)cc4)c(-c4ccc(F)cc4)nc3c2)cn1.Nc1ccc(CCCNC(=O)c2ccc3nc(Cl)c(-c4ccc(F)cc4)nc3c2)cn1. The summed E-state index contributed by atoms with van der Waals surface area (Å²) in [5, 5.41) is 6.06. The summed E-state index contributed by atoms with van der Waals surface area (Å²) in [6, 6.07) is 35.3. The van der Waals surface area contributed by atoms with Crippen LogP contribution in [0, 0.1) is 17.5 Å². The van der Waals surface area contributed by atoms with E-state index in [2.05, 4.69) is 30.6 Å². The Hall–Kier alpha value is -8.30. The number of amides is 2. The van der Waals surface area contributed by atoms with Crippen LogP contribution < -0.4 is 22.1 Å². The highest BCUT2D eigenvalue weighted by Crippen LogP contribution is 2.32.